The lowest BCUT2D eigenvalue weighted by atomic mass is 10.2. The molecule has 0 saturated carbocycles. The van der Waals surface area contributed by atoms with Crippen LogP contribution in [0.4, 0.5) is 5.69 Å². The van der Waals surface area contributed by atoms with E-state index in [9.17, 15) is 0 Å². The summed E-state index contributed by atoms with van der Waals surface area (Å²) in [7, 11) is 0. The van der Waals surface area contributed by atoms with E-state index in [-0.39, 0.29) is 0 Å². The van der Waals surface area contributed by atoms with E-state index in [0.29, 0.717) is 0 Å². The summed E-state index contributed by atoms with van der Waals surface area (Å²) >= 11 is 0. The van der Waals surface area contributed by atoms with Gasteiger partial charge in [-0.3, -0.25) is 0 Å². The summed E-state index contributed by atoms with van der Waals surface area (Å²) in [6.45, 7) is 5.92. The van der Waals surface area contributed by atoms with E-state index in [1.807, 2.05) is 6.07 Å². The lowest BCUT2D eigenvalue weighted by Crippen LogP contribution is -2.04. The first-order valence-electron chi connectivity index (χ1n) is 8.31. The fourth-order valence-electron chi connectivity index (χ4n) is 2.37. The number of para-hydroxylation sites is 1. The van der Waals surface area contributed by atoms with Crippen LogP contribution in [0.2, 0.25) is 0 Å². The topological polar surface area (TPSA) is 21.3 Å². The van der Waals surface area contributed by atoms with Gasteiger partial charge in [0.25, 0.3) is 0 Å². The predicted molar refractivity (Wildman–Crippen MR) is 94.6 cm³/mol. The zero-order valence-corrected chi connectivity index (χ0v) is 13.8. The van der Waals surface area contributed by atoms with Gasteiger partial charge in [0.2, 0.25) is 0 Å². The van der Waals surface area contributed by atoms with E-state index >= 15 is 0 Å². The van der Waals surface area contributed by atoms with E-state index in [0.717, 1.165) is 31.0 Å². The zero-order valence-electron chi connectivity index (χ0n) is 13.8. The Labute approximate surface area is 134 Å². The molecule has 2 aromatic carbocycles. The van der Waals surface area contributed by atoms with Crippen molar-refractivity contribution < 1.29 is 4.74 Å². The Morgan fingerprint density at radius 2 is 1.68 bits per heavy atom. The van der Waals surface area contributed by atoms with Crippen molar-refractivity contribution >= 4 is 5.69 Å². The van der Waals surface area contributed by atoms with Gasteiger partial charge in [0.1, 0.15) is 5.75 Å². The van der Waals surface area contributed by atoms with Crippen molar-refractivity contribution in [2.24, 2.45) is 0 Å². The van der Waals surface area contributed by atoms with Gasteiger partial charge in [-0.15, -0.1) is 0 Å². The smallest absolute Gasteiger partial charge is 0.124 e. The van der Waals surface area contributed by atoms with Gasteiger partial charge in [-0.05, 0) is 31.5 Å². The highest BCUT2D eigenvalue weighted by molar-refractivity contribution is 5.46. The van der Waals surface area contributed by atoms with Gasteiger partial charge in [-0.2, -0.15) is 0 Å². The Bertz CT molecular complexity index is 548. The van der Waals surface area contributed by atoms with E-state index < -0.39 is 0 Å². The maximum absolute atomic E-state index is 5.95. The minimum Gasteiger partial charge on any atom is -0.493 e. The summed E-state index contributed by atoms with van der Waals surface area (Å²) in [5, 5.41) is 3.46. The first kappa shape index (κ1) is 16.4. The maximum atomic E-state index is 5.95. The van der Waals surface area contributed by atoms with Crippen LogP contribution in [0.1, 0.15) is 43.7 Å². The predicted octanol–water partition coefficient (Wildman–Crippen LogP) is 5.57. The van der Waals surface area contributed by atoms with E-state index in [4.69, 9.17) is 4.74 Å². The van der Waals surface area contributed by atoms with Crippen LogP contribution >= 0.6 is 0 Å². The number of benzene rings is 2. The van der Waals surface area contributed by atoms with Gasteiger partial charge >= 0.3 is 0 Å². The van der Waals surface area contributed by atoms with Crippen molar-refractivity contribution in [2.45, 2.75) is 46.1 Å². The second-order valence-corrected chi connectivity index (χ2v) is 5.74. The van der Waals surface area contributed by atoms with E-state index in [1.165, 1.54) is 30.4 Å². The summed E-state index contributed by atoms with van der Waals surface area (Å²) in [6.07, 6.45) is 4.94. The summed E-state index contributed by atoms with van der Waals surface area (Å²) in [6, 6.07) is 16.8. The number of aryl methyl sites for hydroxylation is 1. The van der Waals surface area contributed by atoms with E-state index in [2.05, 4.69) is 61.6 Å². The molecule has 0 heterocycles. The average molecular weight is 297 g/mol. The highest BCUT2D eigenvalue weighted by Gasteiger charge is 2.03. The van der Waals surface area contributed by atoms with Crippen LogP contribution < -0.4 is 10.1 Å². The van der Waals surface area contributed by atoms with Crippen LogP contribution in [-0.2, 0) is 6.54 Å². The molecule has 0 saturated heterocycles. The largest absolute Gasteiger partial charge is 0.493 e. The third-order valence-electron chi connectivity index (χ3n) is 3.76. The SMILES string of the molecule is CCCCCCOc1ccccc1CNc1ccc(C)cc1. The minimum atomic E-state index is 0.786. The number of rotatable bonds is 9. The molecule has 118 valence electrons. The van der Waals surface area contributed by atoms with Crippen molar-refractivity contribution in [3.05, 3.63) is 59.7 Å². The van der Waals surface area contributed by atoms with Crippen LogP contribution in [0.5, 0.6) is 5.75 Å². The molecule has 0 fully saturated rings. The van der Waals surface area contributed by atoms with Gasteiger partial charge in [0.05, 0.1) is 6.61 Å². The molecular weight excluding hydrogens is 270 g/mol. The van der Waals surface area contributed by atoms with Gasteiger partial charge in [0.15, 0.2) is 0 Å². The second kappa shape index (κ2) is 9.14. The highest BCUT2D eigenvalue weighted by atomic mass is 16.5. The first-order chi connectivity index (χ1) is 10.8. The molecule has 2 nitrogen and oxygen atoms in total. The second-order valence-electron chi connectivity index (χ2n) is 5.74. The molecule has 2 rings (SSSR count). The maximum Gasteiger partial charge on any atom is 0.124 e. The number of hydrogen-bond acceptors (Lipinski definition) is 2. The fourth-order valence-corrected chi connectivity index (χ4v) is 2.37. The molecule has 0 spiro atoms. The quantitative estimate of drug-likeness (QED) is 0.611. The van der Waals surface area contributed by atoms with Crippen LogP contribution in [0.25, 0.3) is 0 Å². The summed E-state index contributed by atoms with van der Waals surface area (Å²) in [5.74, 6) is 0.999. The lowest BCUT2D eigenvalue weighted by molar-refractivity contribution is 0.302. The minimum absolute atomic E-state index is 0.786. The molecule has 0 amide bonds. The number of hydrogen-bond donors (Lipinski definition) is 1. The molecule has 0 aliphatic rings. The molecular formula is C20H27NO. The number of unbranched alkanes of at least 4 members (excludes halogenated alkanes) is 3. The Morgan fingerprint density at radius 1 is 0.909 bits per heavy atom. The Balaban J connectivity index is 1.86. The molecule has 0 radical (unpaired) electrons. The van der Waals surface area contributed by atoms with E-state index in [1.54, 1.807) is 0 Å². The lowest BCUT2D eigenvalue weighted by Gasteiger charge is -2.13. The van der Waals surface area contributed by atoms with Gasteiger partial charge in [-0.25, -0.2) is 0 Å². The van der Waals surface area contributed by atoms with Crippen LogP contribution in [-0.4, -0.2) is 6.61 Å². The molecule has 0 bridgehead atoms. The van der Waals surface area contributed by atoms with Gasteiger partial charge in [-0.1, -0.05) is 62.1 Å². The molecule has 1 N–H and O–H groups in total. The van der Waals surface area contributed by atoms with Crippen molar-refractivity contribution in [3.8, 4) is 5.75 Å². The normalized spacial score (nSPS) is 10.5. The van der Waals surface area contributed by atoms with Crippen LogP contribution in [0, 0.1) is 6.92 Å². The Kier molecular flexibility index (Phi) is 6.82. The third-order valence-corrected chi connectivity index (χ3v) is 3.76. The average Bonchev–Trinajstić information content (AvgIpc) is 2.55. The number of ether oxygens (including phenoxy) is 1. The third kappa shape index (κ3) is 5.44. The van der Waals surface area contributed by atoms with Crippen molar-refractivity contribution in [1.29, 1.82) is 0 Å². The van der Waals surface area contributed by atoms with Gasteiger partial charge < -0.3 is 10.1 Å². The summed E-state index contributed by atoms with van der Waals surface area (Å²) < 4.78 is 5.95. The zero-order chi connectivity index (χ0) is 15.6. The Hall–Kier alpha value is -1.96. The fraction of sp³-hybridized carbons (Fsp3) is 0.400. The van der Waals surface area contributed by atoms with Crippen LogP contribution in [0.15, 0.2) is 48.5 Å². The monoisotopic (exact) mass is 297 g/mol. The molecule has 0 aliphatic heterocycles. The van der Waals surface area contributed by atoms with Crippen molar-refractivity contribution in [3.63, 3.8) is 0 Å². The molecule has 0 aliphatic carbocycles. The molecule has 0 atom stereocenters. The number of anilines is 1. The molecule has 22 heavy (non-hydrogen) atoms. The Morgan fingerprint density at radius 3 is 2.45 bits per heavy atom. The van der Waals surface area contributed by atoms with Gasteiger partial charge in [0, 0.05) is 17.8 Å². The standard InChI is InChI=1S/C20H27NO/c1-3-4-5-8-15-22-20-10-7-6-9-18(20)16-21-19-13-11-17(2)12-14-19/h6-7,9-14,21H,3-5,8,15-16H2,1-2H3. The molecule has 0 aromatic heterocycles. The number of nitrogens with one attached hydrogen (secondary N) is 1. The summed E-state index contributed by atoms with van der Waals surface area (Å²) in [5.41, 5.74) is 3.63. The summed E-state index contributed by atoms with van der Waals surface area (Å²) in [4.78, 5) is 0. The van der Waals surface area contributed by atoms with Crippen molar-refractivity contribution in [2.75, 3.05) is 11.9 Å². The molecule has 0 unspecified atom stereocenters. The van der Waals surface area contributed by atoms with Crippen molar-refractivity contribution in [1.82, 2.24) is 0 Å². The molecule has 2 heteroatoms. The first-order valence-corrected chi connectivity index (χ1v) is 8.31. The highest BCUT2D eigenvalue weighted by Crippen LogP contribution is 2.20. The van der Waals surface area contributed by atoms with Crippen LogP contribution in [0.3, 0.4) is 0 Å². The molecule has 2 aromatic rings.